The minimum absolute atomic E-state index is 0.124. The summed E-state index contributed by atoms with van der Waals surface area (Å²) in [6, 6.07) is 19.7. The Labute approximate surface area is 387 Å². The zero-order chi connectivity index (χ0) is 46.3. The summed E-state index contributed by atoms with van der Waals surface area (Å²) in [5.74, 6) is -1.85. The first-order chi connectivity index (χ1) is 32.5. The van der Waals surface area contributed by atoms with Gasteiger partial charge in [0.2, 0.25) is 11.8 Å². The molecule has 10 rings (SSSR count). The van der Waals surface area contributed by atoms with Crippen LogP contribution in [0.15, 0.2) is 91.4 Å². The number of carboxylic acid groups (broad SMARTS) is 1. The van der Waals surface area contributed by atoms with E-state index in [9.17, 15) is 33.5 Å². The molecule has 1 atom stereocenters. The predicted molar refractivity (Wildman–Crippen MR) is 245 cm³/mol. The van der Waals surface area contributed by atoms with E-state index in [1.54, 1.807) is 64.4 Å². The molecule has 2 fully saturated rings. The van der Waals surface area contributed by atoms with E-state index in [0.29, 0.717) is 108 Å². The first-order valence-electron chi connectivity index (χ1n) is 22.1. The Kier molecular flexibility index (Phi) is 11.8. The Morgan fingerprint density at radius 1 is 0.910 bits per heavy atom. The minimum atomic E-state index is -1.09. The fourth-order valence-electron chi connectivity index (χ4n) is 9.64. The number of nitrogens with zero attached hydrogens (tertiary/aromatic N) is 7. The van der Waals surface area contributed by atoms with Crippen LogP contribution in [0, 0.1) is 5.82 Å². The molecule has 16 nitrogen and oxygen atoms in total. The lowest BCUT2D eigenvalue weighted by molar-refractivity contribution is -0.137. The van der Waals surface area contributed by atoms with Crippen molar-refractivity contribution in [3.8, 4) is 22.6 Å². The maximum absolute atomic E-state index is 13.9. The van der Waals surface area contributed by atoms with Gasteiger partial charge < -0.3 is 28.9 Å². The molecule has 2 N–H and O–H groups in total. The SMILES string of the molecule is O=C1CCC(N2Cc3c(OCC(=O)N4CCN(CCn5c(C(=O)O)c(CCCOc6cccc7cc(F)ccc67)c6ccc(Cl)c(-c7cnn8cccnc78)c65)CC4)cccc3C2=O)C(=O)N1. The number of piperazine rings is 1. The van der Waals surface area contributed by atoms with Gasteiger partial charge >= 0.3 is 5.97 Å². The van der Waals surface area contributed by atoms with Crippen molar-refractivity contribution in [2.45, 2.75) is 44.8 Å². The molecule has 3 aromatic heterocycles. The number of hydrogen-bond donors (Lipinski definition) is 2. The lowest BCUT2D eigenvalue weighted by Crippen LogP contribution is -2.52. The van der Waals surface area contributed by atoms with Crippen molar-refractivity contribution in [2.75, 3.05) is 45.9 Å². The molecule has 0 radical (unpaired) electrons. The van der Waals surface area contributed by atoms with Crippen LogP contribution in [0.25, 0.3) is 38.4 Å². The van der Waals surface area contributed by atoms with Gasteiger partial charge in [-0.25, -0.2) is 18.7 Å². The molecule has 0 bridgehead atoms. The topological polar surface area (TPSA) is 181 Å². The summed E-state index contributed by atoms with van der Waals surface area (Å²) in [4.78, 5) is 74.4. The van der Waals surface area contributed by atoms with Crippen LogP contribution in [0.1, 0.15) is 51.2 Å². The number of ether oxygens (including phenoxy) is 2. The quantitative estimate of drug-likeness (QED) is 0.0967. The molecule has 0 aliphatic carbocycles. The van der Waals surface area contributed by atoms with Crippen LogP contribution in [0.5, 0.6) is 11.5 Å². The monoisotopic (exact) mass is 926 g/mol. The molecule has 4 amide bonds. The Hall–Kier alpha value is -7.37. The molecule has 2 saturated heterocycles. The molecule has 18 heteroatoms. The maximum atomic E-state index is 13.9. The van der Waals surface area contributed by atoms with E-state index in [0.717, 1.165) is 16.2 Å². The number of aryl methyl sites for hydroxylation is 1. The van der Waals surface area contributed by atoms with Gasteiger partial charge in [-0.2, -0.15) is 5.10 Å². The molecule has 3 aliphatic rings. The van der Waals surface area contributed by atoms with Crippen molar-refractivity contribution >= 4 is 68.5 Å². The van der Waals surface area contributed by atoms with Crippen LogP contribution in [0.2, 0.25) is 5.02 Å². The van der Waals surface area contributed by atoms with Crippen molar-refractivity contribution in [1.29, 1.82) is 0 Å². The van der Waals surface area contributed by atoms with Crippen LogP contribution >= 0.6 is 11.6 Å². The highest BCUT2D eigenvalue weighted by atomic mass is 35.5. The number of benzene rings is 4. The maximum Gasteiger partial charge on any atom is 0.352 e. The largest absolute Gasteiger partial charge is 0.493 e. The molecule has 4 aromatic carbocycles. The molecule has 0 saturated carbocycles. The summed E-state index contributed by atoms with van der Waals surface area (Å²) in [6.45, 7) is 2.81. The average molecular weight is 927 g/mol. The van der Waals surface area contributed by atoms with Crippen LogP contribution in [-0.4, -0.2) is 121 Å². The average Bonchev–Trinajstić information content (AvgIpc) is 4.00. The predicted octanol–water partition coefficient (Wildman–Crippen LogP) is 5.99. The standard InChI is InChI=1S/C49H44ClFN8O8/c50-37-13-12-33-32(7-3-24-66-39-8-1-5-29-25-30(51)10-11-31(29)39)45(49(64)65)57(44(33)43(37)35-26-53-59-17-4-16-52-46(35)59)23-20-55-18-21-56(22-19-55)42(61)28-67-40-9-2-6-34-36(40)27-58(48(34)63)38-14-15-41(60)54-47(38)62/h1-2,4-6,8-13,16-17,25-26,38H,3,7,14-15,18-24,27-28H2,(H,64,65)(H,54,60,62). The first kappa shape index (κ1) is 43.5. The zero-order valence-corrected chi connectivity index (χ0v) is 36.9. The summed E-state index contributed by atoms with van der Waals surface area (Å²) in [6.07, 6.45) is 6.38. The Morgan fingerprint density at radius 2 is 1.72 bits per heavy atom. The smallest absolute Gasteiger partial charge is 0.352 e. The number of aromatic nitrogens is 4. The number of rotatable bonds is 14. The van der Waals surface area contributed by atoms with Crippen molar-refractivity contribution in [3.05, 3.63) is 125 Å². The second-order valence-electron chi connectivity index (χ2n) is 16.8. The van der Waals surface area contributed by atoms with Crippen LogP contribution in [0.4, 0.5) is 4.39 Å². The molecule has 3 aliphatic heterocycles. The van der Waals surface area contributed by atoms with Gasteiger partial charge in [-0.15, -0.1) is 0 Å². The number of fused-ring (bicyclic) bond motifs is 4. The van der Waals surface area contributed by atoms with Gasteiger partial charge in [-0.1, -0.05) is 35.9 Å². The number of nitrogens with one attached hydrogen (secondary N) is 1. The van der Waals surface area contributed by atoms with Crippen molar-refractivity contribution < 1.29 is 42.9 Å². The number of hydrogen-bond acceptors (Lipinski definition) is 10. The summed E-state index contributed by atoms with van der Waals surface area (Å²) in [5.41, 5.74) is 4.26. The van der Waals surface area contributed by atoms with Crippen LogP contribution < -0.4 is 14.8 Å². The van der Waals surface area contributed by atoms with Gasteiger partial charge in [0.15, 0.2) is 12.3 Å². The molecule has 7 aromatic rings. The second kappa shape index (κ2) is 18.1. The summed E-state index contributed by atoms with van der Waals surface area (Å²) in [7, 11) is 0. The van der Waals surface area contributed by atoms with Crippen molar-refractivity contribution in [3.63, 3.8) is 0 Å². The van der Waals surface area contributed by atoms with Crippen molar-refractivity contribution in [1.82, 2.24) is 39.2 Å². The van der Waals surface area contributed by atoms with E-state index in [1.807, 2.05) is 28.8 Å². The molecular formula is C49H44ClFN8O8. The first-order valence-corrected chi connectivity index (χ1v) is 22.5. The lowest BCUT2D eigenvalue weighted by atomic mass is 10.0. The lowest BCUT2D eigenvalue weighted by Gasteiger charge is -2.35. The second-order valence-corrected chi connectivity index (χ2v) is 17.2. The number of carbonyl (C=O) groups excluding carboxylic acids is 4. The van der Waals surface area contributed by atoms with E-state index in [2.05, 4.69) is 20.3 Å². The zero-order valence-electron chi connectivity index (χ0n) is 36.1. The number of amides is 4. The number of piperidine rings is 1. The van der Waals surface area contributed by atoms with Gasteiger partial charge in [-0.3, -0.25) is 29.4 Å². The van der Waals surface area contributed by atoms with Gasteiger partial charge in [0.1, 0.15) is 29.1 Å². The number of carbonyl (C=O) groups is 5. The number of halogens is 2. The summed E-state index contributed by atoms with van der Waals surface area (Å²) >= 11 is 7.03. The van der Waals surface area contributed by atoms with Gasteiger partial charge in [0.25, 0.3) is 11.8 Å². The highest BCUT2D eigenvalue weighted by Gasteiger charge is 2.40. The Balaban J connectivity index is 0.844. The van der Waals surface area contributed by atoms with Crippen LogP contribution in [0.3, 0.4) is 0 Å². The van der Waals surface area contributed by atoms with Gasteiger partial charge in [0, 0.05) is 85.5 Å². The summed E-state index contributed by atoms with van der Waals surface area (Å²) in [5, 5.41) is 20.4. The number of aromatic carboxylic acids is 1. The van der Waals surface area contributed by atoms with E-state index in [-0.39, 0.29) is 61.8 Å². The van der Waals surface area contributed by atoms with E-state index in [4.69, 9.17) is 21.1 Å². The van der Waals surface area contributed by atoms with Gasteiger partial charge in [-0.05, 0) is 78.7 Å². The molecular weight excluding hydrogens is 883 g/mol. The Morgan fingerprint density at radius 3 is 2.54 bits per heavy atom. The molecule has 67 heavy (non-hydrogen) atoms. The third kappa shape index (κ3) is 8.29. The Bertz CT molecular complexity index is 3140. The van der Waals surface area contributed by atoms with Crippen molar-refractivity contribution in [2.24, 2.45) is 0 Å². The molecule has 1 unspecified atom stereocenters. The number of carboxylic acids is 1. The molecule has 0 spiro atoms. The summed E-state index contributed by atoms with van der Waals surface area (Å²) < 4.78 is 29.6. The van der Waals surface area contributed by atoms with E-state index < -0.39 is 17.9 Å². The normalized spacial score (nSPS) is 16.6. The minimum Gasteiger partial charge on any atom is -0.493 e. The number of imide groups is 1. The third-order valence-corrected chi connectivity index (χ3v) is 13.2. The van der Waals surface area contributed by atoms with Gasteiger partial charge in [0.05, 0.1) is 35.5 Å². The van der Waals surface area contributed by atoms with Crippen LogP contribution in [-0.2, 0) is 33.9 Å². The highest BCUT2D eigenvalue weighted by Crippen LogP contribution is 2.41. The third-order valence-electron chi connectivity index (χ3n) is 12.9. The fraction of sp³-hybridized carbons (Fsp3) is 0.286. The highest BCUT2D eigenvalue weighted by molar-refractivity contribution is 6.35. The van der Waals surface area contributed by atoms with E-state index in [1.165, 1.54) is 17.0 Å². The van der Waals surface area contributed by atoms with E-state index >= 15 is 0 Å². The molecule has 6 heterocycles. The fourth-order valence-corrected chi connectivity index (χ4v) is 9.90. The molecule has 342 valence electrons.